The van der Waals surface area contributed by atoms with Crippen LogP contribution in [0.3, 0.4) is 0 Å². The Kier molecular flexibility index (Phi) is 6.12. The maximum absolute atomic E-state index is 13.4. The molecule has 32 heavy (non-hydrogen) atoms. The molecule has 1 aromatic carbocycles. The average Bonchev–Trinajstić information content (AvgIpc) is 3.19. The number of hydrogen-bond acceptors (Lipinski definition) is 6. The van der Waals surface area contributed by atoms with Crippen LogP contribution in [0.4, 0.5) is 0 Å². The number of pyridine rings is 1. The molecule has 8 heteroatoms. The van der Waals surface area contributed by atoms with Crippen LogP contribution in [0.5, 0.6) is 5.75 Å². The topological polar surface area (TPSA) is 88.8 Å². The van der Waals surface area contributed by atoms with Gasteiger partial charge in [0.05, 0.1) is 28.8 Å². The van der Waals surface area contributed by atoms with Crippen molar-refractivity contribution < 1.29 is 18.8 Å². The van der Waals surface area contributed by atoms with Gasteiger partial charge >= 0.3 is 0 Å². The van der Waals surface area contributed by atoms with E-state index in [1.165, 1.54) is 0 Å². The Balaban J connectivity index is 1.52. The van der Waals surface area contributed by atoms with Gasteiger partial charge in [0.15, 0.2) is 0 Å². The number of nitrogens with zero attached hydrogens (tertiary/aromatic N) is 4. The van der Waals surface area contributed by atoms with Crippen molar-refractivity contribution >= 4 is 22.9 Å². The highest BCUT2D eigenvalue weighted by molar-refractivity contribution is 6.06. The summed E-state index contributed by atoms with van der Waals surface area (Å²) in [7, 11) is 0. The molecular formula is C24H28N4O4. The summed E-state index contributed by atoms with van der Waals surface area (Å²) in [5.74, 6) is 0.565. The average molecular weight is 437 g/mol. The van der Waals surface area contributed by atoms with E-state index in [0.29, 0.717) is 66.5 Å². The van der Waals surface area contributed by atoms with Crippen molar-refractivity contribution in [3.63, 3.8) is 0 Å². The third-order valence-electron chi connectivity index (χ3n) is 5.73. The molecule has 3 heterocycles. The molecule has 8 nitrogen and oxygen atoms in total. The number of para-hydroxylation sites is 1. The second-order valence-electron chi connectivity index (χ2n) is 8.21. The van der Waals surface area contributed by atoms with Gasteiger partial charge in [-0.25, -0.2) is 4.98 Å². The number of amides is 2. The van der Waals surface area contributed by atoms with E-state index in [0.717, 1.165) is 5.69 Å². The first kappa shape index (κ1) is 21.8. The fourth-order valence-electron chi connectivity index (χ4n) is 3.96. The maximum Gasteiger partial charge on any atom is 0.259 e. The zero-order valence-electron chi connectivity index (χ0n) is 18.9. The molecule has 3 aromatic rings. The lowest BCUT2D eigenvalue weighted by Gasteiger charge is -2.35. The smallest absolute Gasteiger partial charge is 0.259 e. The van der Waals surface area contributed by atoms with Crippen molar-refractivity contribution in [2.24, 2.45) is 0 Å². The minimum absolute atomic E-state index is 0.0792. The summed E-state index contributed by atoms with van der Waals surface area (Å²) in [4.78, 5) is 34.6. The Morgan fingerprint density at radius 2 is 1.69 bits per heavy atom. The first-order chi connectivity index (χ1) is 15.4. The second-order valence-corrected chi connectivity index (χ2v) is 8.21. The number of aromatic nitrogens is 2. The number of carbonyl (C=O) groups excluding carboxylic acids is 2. The van der Waals surface area contributed by atoms with E-state index in [4.69, 9.17) is 9.26 Å². The molecule has 1 aliphatic rings. The molecule has 0 N–H and O–H groups in total. The van der Waals surface area contributed by atoms with Crippen LogP contribution in [-0.2, 0) is 0 Å². The van der Waals surface area contributed by atoms with E-state index >= 15 is 0 Å². The summed E-state index contributed by atoms with van der Waals surface area (Å²) in [5.41, 5.74) is 2.93. The zero-order valence-corrected chi connectivity index (χ0v) is 18.9. The minimum Gasteiger partial charge on any atom is -0.493 e. The van der Waals surface area contributed by atoms with Crippen LogP contribution < -0.4 is 4.74 Å². The lowest BCUT2D eigenvalue weighted by molar-refractivity contribution is 0.0534. The zero-order chi connectivity index (χ0) is 22.8. The van der Waals surface area contributed by atoms with Crippen molar-refractivity contribution in [1.29, 1.82) is 0 Å². The standard InChI is InChI=1S/C24H28N4O4/c1-5-31-20-9-7-6-8-17(20)23(29)27-10-12-28(13-11-27)24(30)18-14-19(15(2)3)25-22-21(18)16(4)26-32-22/h6-9,14-15H,5,10-13H2,1-4H3. The lowest BCUT2D eigenvalue weighted by Crippen LogP contribution is -2.50. The van der Waals surface area contributed by atoms with Gasteiger partial charge in [-0.05, 0) is 38.0 Å². The first-order valence-electron chi connectivity index (χ1n) is 11.0. The Labute approximate surface area is 187 Å². The molecule has 4 rings (SSSR count). The summed E-state index contributed by atoms with van der Waals surface area (Å²) < 4.78 is 11.0. The number of ether oxygens (including phenoxy) is 1. The summed E-state index contributed by atoms with van der Waals surface area (Å²) >= 11 is 0. The molecule has 0 aliphatic carbocycles. The third-order valence-corrected chi connectivity index (χ3v) is 5.73. The van der Waals surface area contributed by atoms with Gasteiger partial charge in [-0.15, -0.1) is 0 Å². The molecule has 0 saturated carbocycles. The summed E-state index contributed by atoms with van der Waals surface area (Å²) in [6.07, 6.45) is 0. The Morgan fingerprint density at radius 3 is 2.31 bits per heavy atom. The summed E-state index contributed by atoms with van der Waals surface area (Å²) in [6, 6.07) is 9.11. The number of piperazine rings is 1. The van der Waals surface area contributed by atoms with Gasteiger partial charge in [-0.3, -0.25) is 9.59 Å². The van der Waals surface area contributed by atoms with Crippen LogP contribution in [0, 0.1) is 6.92 Å². The number of benzene rings is 1. The molecule has 0 bridgehead atoms. The van der Waals surface area contributed by atoms with Crippen LogP contribution in [0.15, 0.2) is 34.9 Å². The van der Waals surface area contributed by atoms with E-state index in [1.807, 2.05) is 45.9 Å². The van der Waals surface area contributed by atoms with Gasteiger partial charge < -0.3 is 19.1 Å². The third kappa shape index (κ3) is 4.04. The summed E-state index contributed by atoms with van der Waals surface area (Å²) in [5, 5.41) is 4.66. The number of fused-ring (bicyclic) bond motifs is 1. The van der Waals surface area contributed by atoms with Crippen molar-refractivity contribution in [3.05, 3.63) is 52.8 Å². The highest BCUT2D eigenvalue weighted by Crippen LogP contribution is 2.27. The van der Waals surface area contributed by atoms with E-state index in [1.54, 1.807) is 21.9 Å². The molecular weight excluding hydrogens is 408 g/mol. The van der Waals surface area contributed by atoms with Crippen LogP contribution in [0.2, 0.25) is 0 Å². The molecule has 0 atom stereocenters. The molecule has 2 aromatic heterocycles. The van der Waals surface area contributed by atoms with E-state index in [9.17, 15) is 9.59 Å². The largest absolute Gasteiger partial charge is 0.493 e. The summed E-state index contributed by atoms with van der Waals surface area (Å²) in [6.45, 7) is 10.1. The highest BCUT2D eigenvalue weighted by Gasteiger charge is 2.29. The fraction of sp³-hybridized carbons (Fsp3) is 0.417. The highest BCUT2D eigenvalue weighted by atomic mass is 16.5. The molecule has 1 saturated heterocycles. The normalized spacial score (nSPS) is 14.3. The van der Waals surface area contributed by atoms with Crippen molar-refractivity contribution in [1.82, 2.24) is 19.9 Å². The molecule has 168 valence electrons. The van der Waals surface area contributed by atoms with Crippen molar-refractivity contribution in [2.75, 3.05) is 32.8 Å². The first-order valence-corrected chi connectivity index (χ1v) is 11.0. The predicted octanol–water partition coefficient (Wildman–Crippen LogP) is 3.65. The van der Waals surface area contributed by atoms with Crippen LogP contribution >= 0.6 is 0 Å². The van der Waals surface area contributed by atoms with E-state index < -0.39 is 0 Å². The van der Waals surface area contributed by atoms with Crippen LogP contribution in [0.1, 0.15) is 58.8 Å². The second kappa shape index (κ2) is 8.98. The van der Waals surface area contributed by atoms with E-state index in [2.05, 4.69) is 10.1 Å². The fourth-order valence-corrected chi connectivity index (χ4v) is 3.96. The van der Waals surface area contributed by atoms with Gasteiger partial charge in [0, 0.05) is 31.9 Å². The van der Waals surface area contributed by atoms with Gasteiger partial charge in [0.25, 0.3) is 17.5 Å². The van der Waals surface area contributed by atoms with Gasteiger partial charge in [0.2, 0.25) is 0 Å². The number of rotatable bonds is 5. The molecule has 0 unspecified atom stereocenters. The molecule has 2 amide bonds. The van der Waals surface area contributed by atoms with Crippen LogP contribution in [0.25, 0.3) is 11.1 Å². The van der Waals surface area contributed by atoms with Gasteiger partial charge in [0.1, 0.15) is 5.75 Å². The molecule has 0 spiro atoms. The number of hydrogen-bond donors (Lipinski definition) is 0. The maximum atomic E-state index is 13.4. The monoisotopic (exact) mass is 436 g/mol. The van der Waals surface area contributed by atoms with Crippen molar-refractivity contribution in [2.45, 2.75) is 33.6 Å². The Morgan fingerprint density at radius 1 is 1.06 bits per heavy atom. The number of carbonyl (C=O) groups is 2. The Bertz CT molecular complexity index is 1150. The lowest BCUT2D eigenvalue weighted by atomic mass is 10.0. The quantitative estimate of drug-likeness (QED) is 0.607. The van der Waals surface area contributed by atoms with E-state index in [-0.39, 0.29) is 17.7 Å². The Hall–Kier alpha value is -3.42. The van der Waals surface area contributed by atoms with Gasteiger partial charge in [-0.2, -0.15) is 0 Å². The molecule has 1 aliphatic heterocycles. The molecule has 1 fully saturated rings. The molecule has 0 radical (unpaired) electrons. The minimum atomic E-state index is -0.0904. The van der Waals surface area contributed by atoms with Crippen molar-refractivity contribution in [3.8, 4) is 5.75 Å². The SMILES string of the molecule is CCOc1ccccc1C(=O)N1CCN(C(=O)c2cc(C(C)C)nc3onc(C)c23)CC1. The predicted molar refractivity (Wildman–Crippen MR) is 120 cm³/mol. The van der Waals surface area contributed by atoms with Crippen LogP contribution in [-0.4, -0.2) is 64.5 Å². The van der Waals surface area contributed by atoms with Gasteiger partial charge in [-0.1, -0.05) is 31.1 Å². The number of aryl methyl sites for hydroxylation is 1.